The van der Waals surface area contributed by atoms with Crippen molar-refractivity contribution in [2.24, 2.45) is 0 Å². The number of rotatable bonds is 4. The molecule has 0 aliphatic carbocycles. The van der Waals surface area contributed by atoms with Crippen molar-refractivity contribution in [3.05, 3.63) is 58.8 Å². The van der Waals surface area contributed by atoms with Crippen molar-refractivity contribution in [2.45, 2.75) is 6.42 Å². The number of hydrogen-bond donors (Lipinski definition) is 1. The van der Waals surface area contributed by atoms with Gasteiger partial charge in [-0.3, -0.25) is 4.98 Å². The van der Waals surface area contributed by atoms with Crippen LogP contribution in [0.2, 0.25) is 0 Å². The highest BCUT2D eigenvalue weighted by atomic mass is 79.9. The summed E-state index contributed by atoms with van der Waals surface area (Å²) in [5.74, 6) is 0. The summed E-state index contributed by atoms with van der Waals surface area (Å²) >= 11 is 3.38. The first-order chi connectivity index (χ1) is 9.65. The van der Waals surface area contributed by atoms with Gasteiger partial charge in [0.1, 0.15) is 0 Å². The van der Waals surface area contributed by atoms with Crippen molar-refractivity contribution >= 4 is 27.6 Å². The molecule has 2 aromatic rings. The Morgan fingerprint density at radius 2 is 2.05 bits per heavy atom. The zero-order chi connectivity index (χ0) is 14.4. The third kappa shape index (κ3) is 4.35. The van der Waals surface area contributed by atoms with Gasteiger partial charge in [0.05, 0.1) is 0 Å². The van der Waals surface area contributed by atoms with Gasteiger partial charge in [-0.05, 0) is 42.3 Å². The number of benzene rings is 1. The maximum Gasteiger partial charge on any atom is 0.321 e. The van der Waals surface area contributed by atoms with Gasteiger partial charge in [-0.25, -0.2) is 4.79 Å². The van der Waals surface area contributed by atoms with Crippen molar-refractivity contribution in [3.8, 4) is 0 Å². The molecule has 0 spiro atoms. The Labute approximate surface area is 127 Å². The zero-order valence-corrected chi connectivity index (χ0v) is 12.8. The number of anilines is 1. The number of amides is 2. The summed E-state index contributed by atoms with van der Waals surface area (Å²) in [5.41, 5.74) is 1.95. The van der Waals surface area contributed by atoms with E-state index in [4.69, 9.17) is 0 Å². The van der Waals surface area contributed by atoms with Crippen LogP contribution in [0.25, 0.3) is 0 Å². The van der Waals surface area contributed by atoms with Crippen LogP contribution in [0, 0.1) is 0 Å². The topological polar surface area (TPSA) is 45.2 Å². The number of carbonyl (C=O) groups is 1. The second-order valence-electron chi connectivity index (χ2n) is 4.47. The average Bonchev–Trinajstić information content (AvgIpc) is 2.46. The van der Waals surface area contributed by atoms with Gasteiger partial charge in [0.15, 0.2) is 0 Å². The van der Waals surface area contributed by atoms with Crippen LogP contribution >= 0.6 is 15.9 Å². The number of urea groups is 1. The lowest BCUT2D eigenvalue weighted by molar-refractivity contribution is 0.223. The van der Waals surface area contributed by atoms with Crippen LogP contribution < -0.4 is 5.32 Å². The summed E-state index contributed by atoms with van der Waals surface area (Å²) in [6.07, 6.45) is 4.33. The minimum absolute atomic E-state index is 0.114. The van der Waals surface area contributed by atoms with Gasteiger partial charge in [-0.2, -0.15) is 0 Å². The number of nitrogens with one attached hydrogen (secondary N) is 1. The lowest BCUT2D eigenvalue weighted by atomic mass is 10.2. The molecule has 0 aliphatic rings. The highest BCUT2D eigenvalue weighted by Crippen LogP contribution is 2.15. The molecule has 0 unspecified atom stereocenters. The van der Waals surface area contributed by atoms with E-state index in [0.29, 0.717) is 6.54 Å². The first kappa shape index (κ1) is 14.5. The van der Waals surface area contributed by atoms with E-state index >= 15 is 0 Å². The number of hydrogen-bond acceptors (Lipinski definition) is 2. The van der Waals surface area contributed by atoms with E-state index in [1.54, 1.807) is 24.3 Å². The SMILES string of the molecule is CN(CCc1ccncc1)C(=O)Nc1cccc(Br)c1. The Kier molecular flexibility index (Phi) is 5.12. The minimum Gasteiger partial charge on any atom is -0.327 e. The van der Waals surface area contributed by atoms with Gasteiger partial charge in [0, 0.05) is 36.1 Å². The Morgan fingerprint density at radius 3 is 2.75 bits per heavy atom. The summed E-state index contributed by atoms with van der Waals surface area (Å²) in [6.45, 7) is 0.657. The molecule has 0 fully saturated rings. The highest BCUT2D eigenvalue weighted by Gasteiger charge is 2.08. The van der Waals surface area contributed by atoms with Gasteiger partial charge in [0.2, 0.25) is 0 Å². The van der Waals surface area contributed by atoms with E-state index in [-0.39, 0.29) is 6.03 Å². The molecule has 1 N–H and O–H groups in total. The molecule has 0 atom stereocenters. The average molecular weight is 334 g/mol. The van der Waals surface area contributed by atoms with Crippen molar-refractivity contribution in [1.82, 2.24) is 9.88 Å². The monoisotopic (exact) mass is 333 g/mol. The molecule has 104 valence electrons. The molecular weight excluding hydrogens is 318 g/mol. The van der Waals surface area contributed by atoms with Gasteiger partial charge >= 0.3 is 6.03 Å². The molecule has 0 bridgehead atoms. The first-order valence-corrected chi connectivity index (χ1v) is 7.11. The number of nitrogens with zero attached hydrogens (tertiary/aromatic N) is 2. The number of likely N-dealkylation sites (N-methyl/N-ethyl adjacent to an activating group) is 1. The van der Waals surface area contributed by atoms with E-state index in [1.807, 2.05) is 36.4 Å². The standard InChI is InChI=1S/C15H16BrN3O/c1-19(10-7-12-5-8-17-9-6-12)15(20)18-14-4-2-3-13(16)11-14/h2-6,8-9,11H,7,10H2,1H3,(H,18,20). The molecule has 5 heteroatoms. The maximum atomic E-state index is 12.0. The molecule has 2 rings (SSSR count). The first-order valence-electron chi connectivity index (χ1n) is 6.32. The number of carbonyl (C=O) groups excluding carboxylic acids is 1. The van der Waals surface area contributed by atoms with Gasteiger partial charge in [0.25, 0.3) is 0 Å². The highest BCUT2D eigenvalue weighted by molar-refractivity contribution is 9.10. The van der Waals surface area contributed by atoms with Crippen LogP contribution in [-0.4, -0.2) is 29.5 Å². The fraction of sp³-hybridized carbons (Fsp3) is 0.200. The Balaban J connectivity index is 1.86. The van der Waals surface area contributed by atoms with Crippen LogP contribution in [0.5, 0.6) is 0 Å². The molecule has 0 radical (unpaired) electrons. The third-order valence-corrected chi connectivity index (χ3v) is 3.40. The number of pyridine rings is 1. The lowest BCUT2D eigenvalue weighted by Gasteiger charge is -2.18. The summed E-state index contributed by atoms with van der Waals surface area (Å²) in [7, 11) is 1.79. The predicted molar refractivity (Wildman–Crippen MR) is 83.7 cm³/mol. The molecular formula is C15H16BrN3O. The normalized spacial score (nSPS) is 10.1. The fourth-order valence-corrected chi connectivity index (χ4v) is 2.13. The zero-order valence-electron chi connectivity index (χ0n) is 11.2. The van der Waals surface area contributed by atoms with E-state index in [1.165, 1.54) is 5.56 Å². The fourth-order valence-electron chi connectivity index (χ4n) is 1.73. The van der Waals surface area contributed by atoms with Crippen molar-refractivity contribution < 1.29 is 4.79 Å². The Morgan fingerprint density at radius 1 is 1.30 bits per heavy atom. The van der Waals surface area contributed by atoms with Crippen molar-refractivity contribution in [1.29, 1.82) is 0 Å². The second kappa shape index (κ2) is 7.05. The molecule has 0 saturated heterocycles. The maximum absolute atomic E-state index is 12.0. The van der Waals surface area contributed by atoms with Crippen LogP contribution in [0.3, 0.4) is 0 Å². The number of aromatic nitrogens is 1. The largest absolute Gasteiger partial charge is 0.327 e. The van der Waals surface area contributed by atoms with Gasteiger partial charge in [-0.1, -0.05) is 22.0 Å². The van der Waals surface area contributed by atoms with E-state index in [0.717, 1.165) is 16.6 Å². The van der Waals surface area contributed by atoms with Crippen LogP contribution in [0.15, 0.2) is 53.3 Å². The quantitative estimate of drug-likeness (QED) is 0.929. The second-order valence-corrected chi connectivity index (χ2v) is 5.38. The predicted octanol–water partition coefficient (Wildman–Crippen LogP) is 3.55. The van der Waals surface area contributed by atoms with E-state index in [2.05, 4.69) is 26.2 Å². The molecule has 0 aliphatic heterocycles. The smallest absolute Gasteiger partial charge is 0.321 e. The Bertz CT molecular complexity index is 574. The lowest BCUT2D eigenvalue weighted by Crippen LogP contribution is -2.32. The summed E-state index contributed by atoms with van der Waals surface area (Å²) < 4.78 is 0.940. The minimum atomic E-state index is -0.114. The van der Waals surface area contributed by atoms with Crippen LogP contribution in [-0.2, 0) is 6.42 Å². The summed E-state index contributed by atoms with van der Waals surface area (Å²) in [5, 5.41) is 2.86. The number of halogens is 1. The van der Waals surface area contributed by atoms with Gasteiger partial charge < -0.3 is 10.2 Å². The summed E-state index contributed by atoms with van der Waals surface area (Å²) in [4.78, 5) is 17.7. The van der Waals surface area contributed by atoms with Crippen molar-refractivity contribution in [2.75, 3.05) is 18.9 Å². The third-order valence-electron chi connectivity index (χ3n) is 2.91. The molecule has 4 nitrogen and oxygen atoms in total. The summed E-state index contributed by atoms with van der Waals surface area (Å²) in [6, 6.07) is 11.3. The van der Waals surface area contributed by atoms with Crippen LogP contribution in [0.1, 0.15) is 5.56 Å². The van der Waals surface area contributed by atoms with Gasteiger partial charge in [-0.15, -0.1) is 0 Å². The molecule has 1 heterocycles. The molecule has 0 saturated carbocycles. The van der Waals surface area contributed by atoms with Crippen LogP contribution in [0.4, 0.5) is 10.5 Å². The van der Waals surface area contributed by atoms with E-state index < -0.39 is 0 Å². The molecule has 2 amide bonds. The Hall–Kier alpha value is -1.88. The molecule has 1 aromatic carbocycles. The van der Waals surface area contributed by atoms with Crippen molar-refractivity contribution in [3.63, 3.8) is 0 Å². The molecule has 1 aromatic heterocycles. The molecule has 20 heavy (non-hydrogen) atoms. The van der Waals surface area contributed by atoms with E-state index in [9.17, 15) is 4.79 Å².